The largest absolute Gasteiger partial charge is 0.369 e. The first-order valence-electron chi connectivity index (χ1n) is 8.07. The van der Waals surface area contributed by atoms with E-state index in [4.69, 9.17) is 0 Å². The molecule has 3 rings (SSSR count). The first-order chi connectivity index (χ1) is 10.9. The molecule has 1 fully saturated rings. The molecule has 6 nitrogen and oxygen atoms in total. The number of amides is 2. The molecule has 0 aromatic heterocycles. The second-order valence-electron chi connectivity index (χ2n) is 6.67. The third kappa shape index (κ3) is 2.79. The minimum atomic E-state index is -0.605. The molecule has 2 aliphatic rings. The summed E-state index contributed by atoms with van der Waals surface area (Å²) < 4.78 is 0. The number of fused-ring (bicyclic) bond motifs is 1. The lowest BCUT2D eigenvalue weighted by Crippen LogP contribution is -2.60. The molecule has 2 heterocycles. The van der Waals surface area contributed by atoms with Crippen LogP contribution in [0.3, 0.4) is 0 Å². The molecule has 1 atom stereocenters. The van der Waals surface area contributed by atoms with Gasteiger partial charge in [-0.05, 0) is 46.0 Å². The van der Waals surface area contributed by atoms with Crippen LogP contribution in [0.1, 0.15) is 19.8 Å². The van der Waals surface area contributed by atoms with Crippen molar-refractivity contribution >= 4 is 23.2 Å². The normalized spacial score (nSPS) is 20.7. The number of likely N-dealkylation sites (N-methyl/N-ethyl adjacent to an activating group) is 1. The Labute approximate surface area is 136 Å². The number of carbonyl (C=O) groups excluding carboxylic acids is 2. The van der Waals surface area contributed by atoms with Crippen LogP contribution in [0.5, 0.6) is 0 Å². The van der Waals surface area contributed by atoms with E-state index in [1.807, 2.05) is 55.1 Å². The lowest BCUT2D eigenvalue weighted by Gasteiger charge is -2.45. The fourth-order valence-corrected chi connectivity index (χ4v) is 3.20. The van der Waals surface area contributed by atoms with Gasteiger partial charge in [0.1, 0.15) is 5.54 Å². The van der Waals surface area contributed by atoms with Crippen molar-refractivity contribution in [2.45, 2.75) is 31.3 Å². The van der Waals surface area contributed by atoms with E-state index in [1.165, 1.54) is 0 Å². The van der Waals surface area contributed by atoms with Gasteiger partial charge in [-0.2, -0.15) is 0 Å². The van der Waals surface area contributed by atoms with E-state index in [0.717, 1.165) is 11.4 Å². The Balaban J connectivity index is 1.71. The fraction of sp³-hybridized carbons (Fsp3) is 0.529. The molecule has 0 saturated carbocycles. The van der Waals surface area contributed by atoms with Crippen molar-refractivity contribution < 1.29 is 9.59 Å². The summed E-state index contributed by atoms with van der Waals surface area (Å²) in [5.41, 5.74) is 1.17. The van der Waals surface area contributed by atoms with Gasteiger partial charge < -0.3 is 15.5 Å². The van der Waals surface area contributed by atoms with Gasteiger partial charge in [-0.15, -0.1) is 0 Å². The number of hydrogen-bond donors (Lipinski definition) is 2. The average molecular weight is 316 g/mol. The Morgan fingerprint density at radius 3 is 2.43 bits per heavy atom. The Kier molecular flexibility index (Phi) is 4.02. The van der Waals surface area contributed by atoms with Crippen molar-refractivity contribution in [2.24, 2.45) is 0 Å². The van der Waals surface area contributed by atoms with E-state index in [-0.39, 0.29) is 17.9 Å². The maximum absolute atomic E-state index is 12.6. The molecule has 2 amide bonds. The number of hydrogen-bond acceptors (Lipinski definition) is 4. The summed E-state index contributed by atoms with van der Waals surface area (Å²) in [4.78, 5) is 28.8. The number of rotatable bonds is 2. The van der Waals surface area contributed by atoms with Crippen LogP contribution < -0.4 is 10.6 Å². The Hall–Kier alpha value is -2.08. The first kappa shape index (κ1) is 15.8. The zero-order valence-electron chi connectivity index (χ0n) is 13.9. The lowest BCUT2D eigenvalue weighted by atomic mass is 9.84. The second kappa shape index (κ2) is 5.85. The van der Waals surface area contributed by atoms with Gasteiger partial charge in [-0.25, -0.2) is 0 Å². The van der Waals surface area contributed by atoms with Gasteiger partial charge in [0.05, 0.1) is 17.4 Å². The molecule has 2 N–H and O–H groups in total. The van der Waals surface area contributed by atoms with Crippen molar-refractivity contribution in [3.8, 4) is 0 Å². The number of piperidine rings is 1. The molecule has 0 radical (unpaired) electrons. The van der Waals surface area contributed by atoms with Crippen molar-refractivity contribution in [3.63, 3.8) is 0 Å². The predicted molar refractivity (Wildman–Crippen MR) is 90.4 cm³/mol. The van der Waals surface area contributed by atoms with Gasteiger partial charge in [0, 0.05) is 13.1 Å². The van der Waals surface area contributed by atoms with E-state index in [9.17, 15) is 9.59 Å². The smallest absolute Gasteiger partial charge is 0.250 e. The van der Waals surface area contributed by atoms with Gasteiger partial charge in [0.2, 0.25) is 11.8 Å². The van der Waals surface area contributed by atoms with Gasteiger partial charge in [0.25, 0.3) is 0 Å². The molecule has 6 heteroatoms. The molecule has 0 unspecified atom stereocenters. The standard InChI is InChI=1S/C17H24N4O2/c1-12(20(2)3)15(22)21-10-8-17(9-11-21)16(23)18-13-6-4-5-7-14(13)19-17/h4-7,12,19H,8-11H2,1-3H3,(H,18,23)/t12-/m0/s1. The topological polar surface area (TPSA) is 64.7 Å². The number of anilines is 2. The second-order valence-corrected chi connectivity index (χ2v) is 6.67. The van der Waals surface area contributed by atoms with Crippen molar-refractivity contribution in [2.75, 3.05) is 37.8 Å². The summed E-state index contributed by atoms with van der Waals surface area (Å²) in [5, 5.41) is 6.41. The number of likely N-dealkylation sites (tertiary alicyclic amines) is 1. The third-order valence-electron chi connectivity index (χ3n) is 5.04. The number of benzene rings is 1. The SMILES string of the molecule is C[C@@H](C(=O)N1CCC2(CC1)Nc1ccccc1NC2=O)N(C)C. The van der Waals surface area contributed by atoms with Crippen LogP contribution in [-0.2, 0) is 9.59 Å². The molecular formula is C17H24N4O2. The van der Waals surface area contributed by atoms with E-state index in [0.29, 0.717) is 25.9 Å². The van der Waals surface area contributed by atoms with Crippen LogP contribution in [-0.4, -0.2) is 60.4 Å². The summed E-state index contributed by atoms with van der Waals surface area (Å²) in [6.45, 7) is 3.10. The fourth-order valence-electron chi connectivity index (χ4n) is 3.20. The van der Waals surface area contributed by atoms with Crippen molar-refractivity contribution in [3.05, 3.63) is 24.3 Å². The summed E-state index contributed by atoms with van der Waals surface area (Å²) in [5.74, 6) is 0.130. The number of nitrogens with one attached hydrogen (secondary N) is 2. The molecular weight excluding hydrogens is 292 g/mol. The van der Waals surface area contributed by atoms with Crippen LogP contribution in [0.4, 0.5) is 11.4 Å². The van der Waals surface area contributed by atoms with E-state index < -0.39 is 5.54 Å². The van der Waals surface area contributed by atoms with Gasteiger partial charge in [0.15, 0.2) is 0 Å². The Bertz CT molecular complexity index is 621. The van der Waals surface area contributed by atoms with Crippen LogP contribution in [0.25, 0.3) is 0 Å². The minimum absolute atomic E-state index is 0.00366. The van der Waals surface area contributed by atoms with E-state index >= 15 is 0 Å². The summed E-state index contributed by atoms with van der Waals surface area (Å²) >= 11 is 0. The zero-order valence-corrected chi connectivity index (χ0v) is 13.9. The minimum Gasteiger partial charge on any atom is -0.369 e. The third-order valence-corrected chi connectivity index (χ3v) is 5.04. The monoisotopic (exact) mass is 316 g/mol. The predicted octanol–water partition coefficient (Wildman–Crippen LogP) is 1.36. The molecule has 23 heavy (non-hydrogen) atoms. The highest BCUT2D eigenvalue weighted by Gasteiger charge is 2.45. The lowest BCUT2D eigenvalue weighted by molar-refractivity contribution is -0.138. The zero-order chi connectivity index (χ0) is 16.6. The molecule has 0 aliphatic carbocycles. The van der Waals surface area contributed by atoms with Gasteiger partial charge >= 0.3 is 0 Å². The number of carbonyl (C=O) groups is 2. The van der Waals surface area contributed by atoms with Crippen molar-refractivity contribution in [1.29, 1.82) is 0 Å². The summed E-state index contributed by atoms with van der Waals surface area (Å²) in [7, 11) is 3.81. The highest BCUT2D eigenvalue weighted by molar-refractivity contribution is 6.06. The highest BCUT2D eigenvalue weighted by Crippen LogP contribution is 2.36. The van der Waals surface area contributed by atoms with Crippen LogP contribution >= 0.6 is 0 Å². The van der Waals surface area contributed by atoms with Crippen LogP contribution in [0, 0.1) is 0 Å². The summed E-state index contributed by atoms with van der Waals surface area (Å²) in [6, 6.07) is 7.59. The van der Waals surface area contributed by atoms with Crippen LogP contribution in [0.2, 0.25) is 0 Å². The number of para-hydroxylation sites is 2. The molecule has 1 spiro atoms. The molecule has 0 bridgehead atoms. The average Bonchev–Trinajstić information content (AvgIpc) is 2.55. The quantitative estimate of drug-likeness (QED) is 0.865. The Morgan fingerprint density at radius 1 is 1.22 bits per heavy atom. The summed E-state index contributed by atoms with van der Waals surface area (Å²) in [6.07, 6.45) is 1.25. The maximum atomic E-state index is 12.6. The maximum Gasteiger partial charge on any atom is 0.250 e. The highest BCUT2D eigenvalue weighted by atomic mass is 16.2. The van der Waals surface area contributed by atoms with Gasteiger partial charge in [-0.3, -0.25) is 14.5 Å². The molecule has 124 valence electrons. The Morgan fingerprint density at radius 2 is 1.83 bits per heavy atom. The first-order valence-corrected chi connectivity index (χ1v) is 8.07. The van der Waals surface area contributed by atoms with E-state index in [1.54, 1.807) is 0 Å². The molecule has 1 aromatic carbocycles. The molecule has 1 saturated heterocycles. The van der Waals surface area contributed by atoms with Crippen molar-refractivity contribution in [1.82, 2.24) is 9.80 Å². The van der Waals surface area contributed by atoms with Crippen LogP contribution in [0.15, 0.2) is 24.3 Å². The molecule has 2 aliphatic heterocycles. The van der Waals surface area contributed by atoms with Gasteiger partial charge in [-0.1, -0.05) is 12.1 Å². The molecule has 1 aromatic rings. The van der Waals surface area contributed by atoms with E-state index in [2.05, 4.69) is 10.6 Å². The number of nitrogens with zero attached hydrogens (tertiary/aromatic N) is 2.